The van der Waals surface area contributed by atoms with Crippen LogP contribution in [0, 0.1) is 5.41 Å². The molecule has 1 atom stereocenters. The maximum Gasteiger partial charge on any atom is 0.121 e. The third kappa shape index (κ3) is 3.29. The summed E-state index contributed by atoms with van der Waals surface area (Å²) in [4.78, 5) is 0. The molecule has 1 aromatic rings. The molecule has 0 bridgehead atoms. The highest BCUT2D eigenvalue weighted by molar-refractivity contribution is 7.11. The van der Waals surface area contributed by atoms with Crippen molar-refractivity contribution < 1.29 is 0 Å². The molecule has 1 unspecified atom stereocenters. The SMILES string of the molecule is CCNCCCc1nnc(C2CCCC2(C)C)s1. The smallest absolute Gasteiger partial charge is 0.121 e. The molecule has 1 fully saturated rings. The summed E-state index contributed by atoms with van der Waals surface area (Å²) in [7, 11) is 0. The van der Waals surface area contributed by atoms with Crippen molar-refractivity contribution in [3.63, 3.8) is 0 Å². The van der Waals surface area contributed by atoms with E-state index < -0.39 is 0 Å². The zero-order chi connectivity index (χ0) is 13.0. The van der Waals surface area contributed by atoms with Crippen LogP contribution in [0.1, 0.15) is 62.4 Å². The summed E-state index contributed by atoms with van der Waals surface area (Å²) < 4.78 is 0. The van der Waals surface area contributed by atoms with Crippen molar-refractivity contribution >= 4 is 11.3 Å². The van der Waals surface area contributed by atoms with Gasteiger partial charge in [-0.2, -0.15) is 0 Å². The number of rotatable bonds is 6. The molecule has 0 saturated heterocycles. The van der Waals surface area contributed by atoms with Gasteiger partial charge in [-0.25, -0.2) is 0 Å². The predicted molar refractivity (Wildman–Crippen MR) is 77.1 cm³/mol. The van der Waals surface area contributed by atoms with Crippen molar-refractivity contribution in [2.75, 3.05) is 13.1 Å². The second-order valence-electron chi connectivity index (χ2n) is 5.92. The standard InChI is InChI=1S/C14H25N3S/c1-4-15-10-6-8-12-16-17-13(18-12)11-7-5-9-14(11,2)3/h11,15H,4-10H2,1-3H3. The van der Waals surface area contributed by atoms with Crippen molar-refractivity contribution in [3.05, 3.63) is 10.0 Å². The zero-order valence-electron chi connectivity index (χ0n) is 11.8. The molecule has 1 aromatic heterocycles. The number of hydrogen-bond acceptors (Lipinski definition) is 4. The normalized spacial score (nSPS) is 22.5. The predicted octanol–water partition coefficient (Wildman–Crippen LogP) is 3.37. The molecule has 4 heteroatoms. The Labute approximate surface area is 114 Å². The molecule has 1 saturated carbocycles. The Morgan fingerprint density at radius 3 is 2.89 bits per heavy atom. The molecule has 18 heavy (non-hydrogen) atoms. The average molecular weight is 267 g/mol. The van der Waals surface area contributed by atoms with E-state index in [-0.39, 0.29) is 0 Å². The molecule has 1 aliphatic carbocycles. The highest BCUT2D eigenvalue weighted by atomic mass is 32.1. The van der Waals surface area contributed by atoms with Crippen LogP contribution in [0.4, 0.5) is 0 Å². The molecular formula is C14H25N3S. The van der Waals surface area contributed by atoms with E-state index in [2.05, 4.69) is 36.3 Å². The second kappa shape index (κ2) is 6.11. The number of nitrogens with one attached hydrogen (secondary N) is 1. The lowest BCUT2D eigenvalue weighted by Crippen LogP contribution is -2.15. The van der Waals surface area contributed by atoms with Gasteiger partial charge in [0, 0.05) is 12.3 Å². The third-order valence-electron chi connectivity index (χ3n) is 4.03. The van der Waals surface area contributed by atoms with Gasteiger partial charge in [0.1, 0.15) is 10.0 Å². The fourth-order valence-electron chi connectivity index (χ4n) is 2.83. The van der Waals surface area contributed by atoms with Crippen LogP contribution in [0.25, 0.3) is 0 Å². The summed E-state index contributed by atoms with van der Waals surface area (Å²) in [6.07, 6.45) is 6.19. The van der Waals surface area contributed by atoms with Gasteiger partial charge in [-0.3, -0.25) is 0 Å². The Hall–Kier alpha value is -0.480. The molecule has 0 amide bonds. The van der Waals surface area contributed by atoms with E-state index in [1.807, 2.05) is 11.3 Å². The lowest BCUT2D eigenvalue weighted by Gasteiger charge is -2.24. The number of hydrogen-bond donors (Lipinski definition) is 1. The lowest BCUT2D eigenvalue weighted by molar-refractivity contribution is 0.330. The van der Waals surface area contributed by atoms with Crippen molar-refractivity contribution in [1.29, 1.82) is 0 Å². The van der Waals surface area contributed by atoms with Crippen LogP contribution in [-0.2, 0) is 6.42 Å². The van der Waals surface area contributed by atoms with Crippen molar-refractivity contribution in [1.82, 2.24) is 15.5 Å². The first-order chi connectivity index (χ1) is 8.63. The van der Waals surface area contributed by atoms with Gasteiger partial charge in [0.2, 0.25) is 0 Å². The van der Waals surface area contributed by atoms with Crippen LogP contribution >= 0.6 is 11.3 Å². The highest BCUT2D eigenvalue weighted by Gasteiger charge is 2.37. The van der Waals surface area contributed by atoms with E-state index in [1.54, 1.807) is 0 Å². The third-order valence-corrected chi connectivity index (χ3v) is 5.13. The Morgan fingerprint density at radius 1 is 1.39 bits per heavy atom. The zero-order valence-corrected chi connectivity index (χ0v) is 12.6. The van der Waals surface area contributed by atoms with Gasteiger partial charge in [0.05, 0.1) is 0 Å². The molecule has 102 valence electrons. The largest absolute Gasteiger partial charge is 0.317 e. The Kier molecular flexibility index (Phi) is 4.73. The quantitative estimate of drug-likeness (QED) is 0.803. The minimum atomic E-state index is 0.417. The number of aryl methyl sites for hydroxylation is 1. The molecule has 0 radical (unpaired) electrons. The van der Waals surface area contributed by atoms with Crippen molar-refractivity contribution in [3.8, 4) is 0 Å². The van der Waals surface area contributed by atoms with E-state index in [9.17, 15) is 0 Å². The van der Waals surface area contributed by atoms with Crippen LogP contribution in [0.2, 0.25) is 0 Å². The Morgan fingerprint density at radius 2 is 2.22 bits per heavy atom. The maximum atomic E-state index is 4.44. The lowest BCUT2D eigenvalue weighted by atomic mass is 9.82. The molecule has 0 aromatic carbocycles. The van der Waals surface area contributed by atoms with Crippen molar-refractivity contribution in [2.45, 2.75) is 58.8 Å². The summed E-state index contributed by atoms with van der Waals surface area (Å²) in [5, 5.41) is 14.6. The van der Waals surface area contributed by atoms with Gasteiger partial charge in [-0.05, 0) is 37.8 Å². The first-order valence-corrected chi connectivity index (χ1v) is 7.98. The van der Waals surface area contributed by atoms with Crippen LogP contribution in [0.15, 0.2) is 0 Å². The van der Waals surface area contributed by atoms with Crippen molar-refractivity contribution in [2.24, 2.45) is 5.41 Å². The highest BCUT2D eigenvalue weighted by Crippen LogP contribution is 2.49. The van der Waals surface area contributed by atoms with E-state index in [0.29, 0.717) is 11.3 Å². The molecule has 1 heterocycles. The molecule has 2 rings (SSSR count). The van der Waals surface area contributed by atoms with E-state index in [4.69, 9.17) is 0 Å². The van der Waals surface area contributed by atoms with E-state index in [0.717, 1.165) is 25.9 Å². The molecule has 0 aliphatic heterocycles. The molecule has 1 N–H and O–H groups in total. The van der Waals surface area contributed by atoms with Crippen LogP contribution < -0.4 is 5.32 Å². The topological polar surface area (TPSA) is 37.8 Å². The van der Waals surface area contributed by atoms with Crippen LogP contribution in [-0.4, -0.2) is 23.3 Å². The van der Waals surface area contributed by atoms with Gasteiger partial charge >= 0.3 is 0 Å². The summed E-state index contributed by atoms with van der Waals surface area (Å²) in [5.74, 6) is 0.637. The first kappa shape index (κ1) is 13.9. The average Bonchev–Trinajstić information content (AvgIpc) is 2.90. The summed E-state index contributed by atoms with van der Waals surface area (Å²) in [6.45, 7) is 9.02. The molecule has 0 spiro atoms. The number of aromatic nitrogens is 2. The van der Waals surface area contributed by atoms with Crippen LogP contribution in [0.3, 0.4) is 0 Å². The monoisotopic (exact) mass is 267 g/mol. The summed E-state index contributed by atoms with van der Waals surface area (Å²) in [5.41, 5.74) is 0.417. The second-order valence-corrected chi connectivity index (χ2v) is 7.02. The fourth-order valence-corrected chi connectivity index (χ4v) is 4.06. The van der Waals surface area contributed by atoms with E-state index in [1.165, 1.54) is 29.3 Å². The van der Waals surface area contributed by atoms with E-state index >= 15 is 0 Å². The fraction of sp³-hybridized carbons (Fsp3) is 0.857. The minimum absolute atomic E-state index is 0.417. The minimum Gasteiger partial charge on any atom is -0.317 e. The van der Waals surface area contributed by atoms with Gasteiger partial charge in [-0.15, -0.1) is 21.5 Å². The number of nitrogens with zero attached hydrogens (tertiary/aromatic N) is 2. The summed E-state index contributed by atoms with van der Waals surface area (Å²) >= 11 is 1.84. The maximum absolute atomic E-state index is 4.44. The molecule has 1 aliphatic rings. The van der Waals surface area contributed by atoms with Gasteiger partial charge in [-0.1, -0.05) is 27.2 Å². The first-order valence-electron chi connectivity index (χ1n) is 7.16. The summed E-state index contributed by atoms with van der Waals surface area (Å²) in [6, 6.07) is 0. The molecule has 3 nitrogen and oxygen atoms in total. The molecular weight excluding hydrogens is 242 g/mol. The Balaban J connectivity index is 1.90. The van der Waals surface area contributed by atoms with Gasteiger partial charge in [0.25, 0.3) is 0 Å². The van der Waals surface area contributed by atoms with Gasteiger partial charge in [0.15, 0.2) is 0 Å². The Bertz CT molecular complexity index is 373. The van der Waals surface area contributed by atoms with Crippen LogP contribution in [0.5, 0.6) is 0 Å². The van der Waals surface area contributed by atoms with Gasteiger partial charge < -0.3 is 5.32 Å².